The van der Waals surface area contributed by atoms with Gasteiger partial charge in [-0.15, -0.1) is 0 Å². The maximum atomic E-state index is 12.8. The quantitative estimate of drug-likeness (QED) is 0.790. The molecule has 152 valence electrons. The Hall–Kier alpha value is -2.82. The minimum Gasteiger partial charge on any atom is -0.486 e. The monoisotopic (exact) mass is 393 g/mol. The molecule has 5 heteroatoms. The first-order chi connectivity index (χ1) is 13.8. The zero-order chi connectivity index (χ0) is 20.6. The average molecular weight is 393 g/mol. The van der Waals surface area contributed by atoms with E-state index >= 15 is 0 Å². The Kier molecular flexibility index (Phi) is 5.07. The first-order valence-electron chi connectivity index (χ1n) is 10.2. The molecular weight excluding hydrogens is 366 g/mol. The summed E-state index contributed by atoms with van der Waals surface area (Å²) >= 11 is 0. The van der Waals surface area contributed by atoms with Crippen molar-refractivity contribution in [2.45, 2.75) is 45.6 Å². The van der Waals surface area contributed by atoms with Crippen molar-refractivity contribution in [1.82, 2.24) is 4.90 Å². The molecule has 0 unspecified atom stereocenters. The van der Waals surface area contributed by atoms with Crippen molar-refractivity contribution in [1.29, 1.82) is 0 Å². The van der Waals surface area contributed by atoms with E-state index in [4.69, 9.17) is 9.47 Å². The number of fused-ring (bicyclic) bond motifs is 1. The van der Waals surface area contributed by atoms with Gasteiger partial charge in [0.1, 0.15) is 17.1 Å². The van der Waals surface area contributed by atoms with Crippen LogP contribution in [0.3, 0.4) is 0 Å². The molecule has 0 aliphatic carbocycles. The summed E-state index contributed by atoms with van der Waals surface area (Å²) in [5.41, 5.74) is 3.43. The van der Waals surface area contributed by atoms with Crippen molar-refractivity contribution in [3.05, 3.63) is 58.7 Å². The molecule has 0 N–H and O–H groups in total. The molecule has 0 aromatic heterocycles. The van der Waals surface area contributed by atoms with Crippen molar-refractivity contribution < 1.29 is 19.1 Å². The highest BCUT2D eigenvalue weighted by Crippen LogP contribution is 2.41. The Morgan fingerprint density at radius 3 is 2.45 bits per heavy atom. The number of carbonyl (C=O) groups is 2. The van der Waals surface area contributed by atoms with E-state index in [1.165, 1.54) is 0 Å². The summed E-state index contributed by atoms with van der Waals surface area (Å²) in [5, 5.41) is 0. The molecule has 0 saturated carbocycles. The van der Waals surface area contributed by atoms with E-state index in [9.17, 15) is 9.59 Å². The van der Waals surface area contributed by atoms with Crippen LogP contribution >= 0.6 is 0 Å². The summed E-state index contributed by atoms with van der Waals surface area (Å²) in [6.07, 6.45) is 1.69. The Bertz CT molecular complexity index is 940. The van der Waals surface area contributed by atoms with E-state index in [1.807, 2.05) is 62.1 Å². The minimum absolute atomic E-state index is 0.0249. The van der Waals surface area contributed by atoms with Gasteiger partial charge in [0, 0.05) is 25.9 Å². The van der Waals surface area contributed by atoms with E-state index in [1.54, 1.807) is 0 Å². The third-order valence-electron chi connectivity index (χ3n) is 5.94. The predicted molar refractivity (Wildman–Crippen MR) is 111 cm³/mol. The van der Waals surface area contributed by atoms with Gasteiger partial charge in [-0.2, -0.15) is 0 Å². The van der Waals surface area contributed by atoms with Crippen molar-refractivity contribution in [3.63, 3.8) is 0 Å². The van der Waals surface area contributed by atoms with Gasteiger partial charge in [-0.25, -0.2) is 0 Å². The number of hydrogen-bond acceptors (Lipinski definition) is 4. The summed E-state index contributed by atoms with van der Waals surface area (Å²) in [4.78, 5) is 27.2. The number of hydrogen-bond donors (Lipinski definition) is 0. The van der Waals surface area contributed by atoms with Crippen LogP contribution < -0.4 is 9.47 Å². The summed E-state index contributed by atoms with van der Waals surface area (Å²) in [6, 6.07) is 11.6. The van der Waals surface area contributed by atoms with Gasteiger partial charge in [0.05, 0.1) is 12.0 Å². The second-order valence-corrected chi connectivity index (χ2v) is 8.32. The third kappa shape index (κ3) is 4.00. The molecule has 2 aliphatic rings. The van der Waals surface area contributed by atoms with E-state index in [0.717, 1.165) is 16.7 Å². The van der Waals surface area contributed by atoms with Crippen LogP contribution in [-0.2, 0) is 4.79 Å². The maximum Gasteiger partial charge on any atom is 0.260 e. The fourth-order valence-corrected chi connectivity index (χ4v) is 4.33. The van der Waals surface area contributed by atoms with Gasteiger partial charge in [0.25, 0.3) is 5.91 Å². The van der Waals surface area contributed by atoms with Crippen LogP contribution in [0.25, 0.3) is 0 Å². The molecule has 4 rings (SSSR count). The molecule has 2 aliphatic heterocycles. The summed E-state index contributed by atoms with van der Waals surface area (Å²) in [6.45, 7) is 7.15. The second-order valence-electron chi connectivity index (χ2n) is 8.32. The molecule has 0 bridgehead atoms. The molecule has 1 fully saturated rings. The summed E-state index contributed by atoms with van der Waals surface area (Å²) in [5.74, 6) is 1.50. The van der Waals surface area contributed by atoms with Crippen LogP contribution in [0.4, 0.5) is 0 Å². The number of nitrogens with zero attached hydrogens (tertiary/aromatic N) is 1. The SMILES string of the molecule is Cc1ccc(OCC(=O)N2CCC3(CC2)CC(=O)c2c(C)cc(C)cc2O3)cc1. The lowest BCUT2D eigenvalue weighted by Gasteiger charge is -2.44. The van der Waals surface area contributed by atoms with Crippen molar-refractivity contribution in [3.8, 4) is 11.5 Å². The number of aryl methyl sites for hydroxylation is 3. The largest absolute Gasteiger partial charge is 0.486 e. The molecule has 5 nitrogen and oxygen atoms in total. The second kappa shape index (κ2) is 7.54. The summed E-state index contributed by atoms with van der Waals surface area (Å²) < 4.78 is 12.0. The van der Waals surface area contributed by atoms with E-state index in [0.29, 0.717) is 49.4 Å². The highest BCUT2D eigenvalue weighted by Gasteiger charge is 2.44. The number of likely N-dealkylation sites (tertiary alicyclic amines) is 1. The van der Waals surface area contributed by atoms with Crippen molar-refractivity contribution in [2.75, 3.05) is 19.7 Å². The van der Waals surface area contributed by atoms with Gasteiger partial charge in [-0.3, -0.25) is 9.59 Å². The molecule has 2 aromatic rings. The molecular formula is C24H27NO4. The number of piperidine rings is 1. The number of benzene rings is 2. The van der Waals surface area contributed by atoms with Gasteiger partial charge in [0.2, 0.25) is 0 Å². The zero-order valence-electron chi connectivity index (χ0n) is 17.3. The molecule has 0 radical (unpaired) electrons. The van der Waals surface area contributed by atoms with E-state index in [2.05, 4.69) is 0 Å². The van der Waals surface area contributed by atoms with Crippen LogP contribution in [0, 0.1) is 20.8 Å². The van der Waals surface area contributed by atoms with Gasteiger partial charge in [-0.1, -0.05) is 23.8 Å². The van der Waals surface area contributed by atoms with Gasteiger partial charge in [-0.05, 0) is 50.1 Å². The first-order valence-corrected chi connectivity index (χ1v) is 10.2. The average Bonchev–Trinajstić information content (AvgIpc) is 2.67. The molecule has 29 heavy (non-hydrogen) atoms. The minimum atomic E-state index is -0.501. The standard InChI is InChI=1S/C24H27NO4/c1-16-4-6-19(7-5-16)28-15-22(27)25-10-8-24(9-11-25)14-20(26)23-18(3)12-17(2)13-21(23)29-24/h4-7,12-13H,8-11,14-15H2,1-3H3. The van der Waals surface area contributed by atoms with E-state index < -0.39 is 5.60 Å². The highest BCUT2D eigenvalue weighted by molar-refractivity contribution is 6.01. The maximum absolute atomic E-state index is 12.8. The number of rotatable bonds is 3. The smallest absolute Gasteiger partial charge is 0.260 e. The van der Waals surface area contributed by atoms with Crippen LogP contribution in [-0.4, -0.2) is 41.9 Å². The van der Waals surface area contributed by atoms with Crippen LogP contribution in [0.15, 0.2) is 36.4 Å². The molecule has 0 atom stereocenters. The normalized spacial score (nSPS) is 17.6. The molecule has 2 heterocycles. The molecule has 1 spiro atoms. The number of ether oxygens (including phenoxy) is 2. The van der Waals surface area contributed by atoms with Crippen LogP contribution in [0.1, 0.15) is 46.3 Å². The zero-order valence-corrected chi connectivity index (χ0v) is 17.3. The molecule has 1 saturated heterocycles. The van der Waals surface area contributed by atoms with Crippen molar-refractivity contribution >= 4 is 11.7 Å². The Morgan fingerprint density at radius 1 is 1.07 bits per heavy atom. The third-order valence-corrected chi connectivity index (χ3v) is 5.94. The number of carbonyl (C=O) groups excluding carboxylic acids is 2. The summed E-state index contributed by atoms with van der Waals surface area (Å²) in [7, 11) is 0. The Labute approximate surface area is 171 Å². The number of Topliss-reactive ketones (excluding diaryl/α,β-unsaturated/α-hetero) is 1. The van der Waals surface area contributed by atoms with E-state index in [-0.39, 0.29) is 18.3 Å². The Balaban J connectivity index is 1.38. The lowest BCUT2D eigenvalue weighted by atomic mass is 9.81. The van der Waals surface area contributed by atoms with Gasteiger partial charge >= 0.3 is 0 Å². The van der Waals surface area contributed by atoms with Crippen LogP contribution in [0.5, 0.6) is 11.5 Å². The van der Waals surface area contributed by atoms with Crippen LogP contribution in [0.2, 0.25) is 0 Å². The topological polar surface area (TPSA) is 55.8 Å². The number of amides is 1. The van der Waals surface area contributed by atoms with Crippen molar-refractivity contribution in [2.24, 2.45) is 0 Å². The predicted octanol–water partition coefficient (Wildman–Crippen LogP) is 4.02. The Morgan fingerprint density at radius 2 is 1.76 bits per heavy atom. The number of ketones is 1. The lowest BCUT2D eigenvalue weighted by Crippen LogP contribution is -2.53. The molecule has 2 aromatic carbocycles. The molecule has 1 amide bonds. The fraction of sp³-hybridized carbons (Fsp3) is 0.417. The fourth-order valence-electron chi connectivity index (χ4n) is 4.33. The first kappa shape index (κ1) is 19.5. The highest BCUT2D eigenvalue weighted by atomic mass is 16.5. The lowest BCUT2D eigenvalue weighted by molar-refractivity contribution is -0.136. The van der Waals surface area contributed by atoms with Gasteiger partial charge in [0.15, 0.2) is 12.4 Å². The van der Waals surface area contributed by atoms with Gasteiger partial charge < -0.3 is 14.4 Å².